The SMILES string of the molecule is O=C(O)c1ccc(Cn2cc(C=Nc3ccccc3)c3ccccc32)o1. The van der Waals surface area contributed by atoms with Gasteiger partial charge in [0.15, 0.2) is 0 Å². The molecule has 0 aliphatic heterocycles. The summed E-state index contributed by atoms with van der Waals surface area (Å²) in [6.07, 6.45) is 3.85. The second kappa shape index (κ2) is 6.72. The molecular weight excluding hydrogens is 328 g/mol. The summed E-state index contributed by atoms with van der Waals surface area (Å²) in [6.45, 7) is 0.451. The molecule has 0 atom stereocenters. The van der Waals surface area contributed by atoms with E-state index in [9.17, 15) is 4.79 Å². The van der Waals surface area contributed by atoms with Crippen molar-refractivity contribution >= 4 is 28.8 Å². The monoisotopic (exact) mass is 344 g/mol. The molecule has 5 nitrogen and oxygen atoms in total. The first-order valence-corrected chi connectivity index (χ1v) is 8.20. The zero-order valence-electron chi connectivity index (χ0n) is 13.9. The number of carbonyl (C=O) groups is 1. The number of hydrogen-bond donors (Lipinski definition) is 1. The summed E-state index contributed by atoms with van der Waals surface area (Å²) >= 11 is 0. The molecule has 128 valence electrons. The van der Waals surface area contributed by atoms with Crippen LogP contribution in [0.5, 0.6) is 0 Å². The van der Waals surface area contributed by atoms with E-state index in [-0.39, 0.29) is 5.76 Å². The van der Waals surface area contributed by atoms with Crippen molar-refractivity contribution in [2.45, 2.75) is 6.54 Å². The third kappa shape index (κ3) is 3.15. The maximum Gasteiger partial charge on any atom is 0.371 e. The largest absolute Gasteiger partial charge is 0.475 e. The molecule has 0 unspecified atom stereocenters. The highest BCUT2D eigenvalue weighted by Crippen LogP contribution is 2.22. The van der Waals surface area contributed by atoms with Gasteiger partial charge in [0.25, 0.3) is 0 Å². The molecule has 4 rings (SSSR count). The summed E-state index contributed by atoms with van der Waals surface area (Å²) in [5.74, 6) is -0.527. The lowest BCUT2D eigenvalue weighted by atomic mass is 10.2. The number of nitrogens with zero attached hydrogens (tertiary/aromatic N) is 2. The molecule has 0 fully saturated rings. The number of aliphatic imine (C=N–C) groups is 1. The summed E-state index contributed by atoms with van der Waals surface area (Å²) in [5, 5.41) is 10.1. The van der Waals surface area contributed by atoms with Crippen molar-refractivity contribution in [1.29, 1.82) is 0 Å². The lowest BCUT2D eigenvalue weighted by Crippen LogP contribution is -1.97. The topological polar surface area (TPSA) is 67.7 Å². The van der Waals surface area contributed by atoms with Gasteiger partial charge in [0.2, 0.25) is 5.76 Å². The van der Waals surface area contributed by atoms with Crippen LogP contribution in [0, 0.1) is 0 Å². The number of aromatic carboxylic acids is 1. The molecule has 0 aliphatic carbocycles. The molecule has 0 aliphatic rings. The van der Waals surface area contributed by atoms with Gasteiger partial charge < -0.3 is 14.1 Å². The van der Waals surface area contributed by atoms with E-state index in [4.69, 9.17) is 9.52 Å². The predicted octanol–water partition coefficient (Wildman–Crippen LogP) is 4.73. The first-order chi connectivity index (χ1) is 12.7. The van der Waals surface area contributed by atoms with E-state index < -0.39 is 5.97 Å². The van der Waals surface area contributed by atoms with Gasteiger partial charge in [-0.2, -0.15) is 0 Å². The van der Waals surface area contributed by atoms with Crippen molar-refractivity contribution < 1.29 is 14.3 Å². The summed E-state index contributed by atoms with van der Waals surface area (Å²) in [4.78, 5) is 15.5. The summed E-state index contributed by atoms with van der Waals surface area (Å²) < 4.78 is 7.42. The fourth-order valence-electron chi connectivity index (χ4n) is 2.91. The van der Waals surface area contributed by atoms with Crippen molar-refractivity contribution in [3.05, 3.63) is 90.0 Å². The number of para-hydroxylation sites is 2. The zero-order chi connectivity index (χ0) is 17.9. The van der Waals surface area contributed by atoms with Crippen LogP contribution in [-0.4, -0.2) is 21.9 Å². The molecule has 0 saturated heterocycles. The van der Waals surface area contributed by atoms with Crippen LogP contribution in [0.3, 0.4) is 0 Å². The van der Waals surface area contributed by atoms with E-state index in [1.807, 2.05) is 71.6 Å². The van der Waals surface area contributed by atoms with Crippen molar-refractivity contribution in [2.24, 2.45) is 4.99 Å². The van der Waals surface area contributed by atoms with Gasteiger partial charge in [-0.25, -0.2) is 4.79 Å². The van der Waals surface area contributed by atoms with Crippen LogP contribution in [-0.2, 0) is 6.54 Å². The van der Waals surface area contributed by atoms with E-state index in [0.29, 0.717) is 12.3 Å². The summed E-state index contributed by atoms with van der Waals surface area (Å²) in [7, 11) is 0. The minimum Gasteiger partial charge on any atom is -0.475 e. The van der Waals surface area contributed by atoms with Gasteiger partial charge in [0, 0.05) is 28.9 Å². The highest BCUT2D eigenvalue weighted by Gasteiger charge is 2.12. The third-order valence-corrected chi connectivity index (χ3v) is 4.13. The van der Waals surface area contributed by atoms with E-state index in [0.717, 1.165) is 22.2 Å². The number of hydrogen-bond acceptors (Lipinski definition) is 3. The maximum absolute atomic E-state index is 11.0. The quantitative estimate of drug-likeness (QED) is 0.532. The van der Waals surface area contributed by atoms with E-state index in [2.05, 4.69) is 4.99 Å². The number of fused-ring (bicyclic) bond motifs is 1. The normalized spacial score (nSPS) is 11.4. The van der Waals surface area contributed by atoms with Gasteiger partial charge in [0.05, 0.1) is 12.2 Å². The minimum atomic E-state index is -1.07. The molecule has 2 heterocycles. The van der Waals surface area contributed by atoms with E-state index in [1.54, 1.807) is 6.07 Å². The average Bonchev–Trinajstić information content (AvgIpc) is 3.27. The molecule has 1 N–H and O–H groups in total. The first-order valence-electron chi connectivity index (χ1n) is 8.20. The molecule has 4 aromatic rings. The van der Waals surface area contributed by atoms with Crippen LogP contribution < -0.4 is 0 Å². The Morgan fingerprint density at radius 3 is 2.58 bits per heavy atom. The highest BCUT2D eigenvalue weighted by atomic mass is 16.4. The smallest absolute Gasteiger partial charge is 0.371 e. The number of aromatic nitrogens is 1. The molecule has 0 saturated carbocycles. The van der Waals surface area contributed by atoms with Crippen molar-refractivity contribution in [3.8, 4) is 0 Å². The summed E-state index contributed by atoms with van der Waals surface area (Å²) in [5.41, 5.74) is 2.92. The van der Waals surface area contributed by atoms with Crippen LogP contribution >= 0.6 is 0 Å². The Morgan fingerprint density at radius 1 is 1.04 bits per heavy atom. The number of furan rings is 1. The molecule has 26 heavy (non-hydrogen) atoms. The highest BCUT2D eigenvalue weighted by molar-refractivity contribution is 6.00. The fourth-order valence-corrected chi connectivity index (χ4v) is 2.91. The standard InChI is InChI=1S/C21H16N2O3/c24-21(25)20-11-10-17(26-20)14-23-13-15(18-8-4-5-9-19(18)23)12-22-16-6-2-1-3-7-16/h1-13H,14H2,(H,24,25). The fraction of sp³-hybridized carbons (Fsp3) is 0.0476. The molecule has 0 spiro atoms. The van der Waals surface area contributed by atoms with Crippen molar-refractivity contribution in [2.75, 3.05) is 0 Å². The number of benzene rings is 2. The van der Waals surface area contributed by atoms with Crippen LogP contribution in [0.4, 0.5) is 5.69 Å². The molecule has 0 amide bonds. The minimum absolute atomic E-state index is 0.0534. The van der Waals surface area contributed by atoms with Crippen LogP contribution in [0.25, 0.3) is 10.9 Å². The van der Waals surface area contributed by atoms with Gasteiger partial charge >= 0.3 is 5.97 Å². The van der Waals surface area contributed by atoms with Gasteiger partial charge in [-0.15, -0.1) is 0 Å². The Hall–Kier alpha value is -3.60. The number of carboxylic acid groups (broad SMARTS) is 1. The van der Waals surface area contributed by atoms with Crippen LogP contribution in [0.2, 0.25) is 0 Å². The van der Waals surface area contributed by atoms with Crippen molar-refractivity contribution in [1.82, 2.24) is 4.57 Å². The second-order valence-electron chi connectivity index (χ2n) is 5.89. The number of rotatable bonds is 5. The maximum atomic E-state index is 11.0. The van der Waals surface area contributed by atoms with Crippen LogP contribution in [0.1, 0.15) is 21.9 Å². The van der Waals surface area contributed by atoms with Gasteiger partial charge in [-0.1, -0.05) is 36.4 Å². The van der Waals surface area contributed by atoms with Crippen molar-refractivity contribution in [3.63, 3.8) is 0 Å². The van der Waals surface area contributed by atoms with Gasteiger partial charge in [-0.3, -0.25) is 4.99 Å². The molecule has 2 aromatic carbocycles. The molecule has 2 aromatic heterocycles. The van der Waals surface area contributed by atoms with Gasteiger partial charge in [0.1, 0.15) is 5.76 Å². The number of carboxylic acids is 1. The molecule has 0 bridgehead atoms. The Bertz CT molecular complexity index is 1090. The van der Waals surface area contributed by atoms with Crippen LogP contribution in [0.15, 0.2) is 82.3 Å². The molecular formula is C21H16N2O3. The Kier molecular flexibility index (Phi) is 4.11. The lowest BCUT2D eigenvalue weighted by Gasteiger charge is -2.02. The Morgan fingerprint density at radius 2 is 1.81 bits per heavy atom. The molecule has 0 radical (unpaired) electrons. The molecule has 5 heteroatoms. The second-order valence-corrected chi connectivity index (χ2v) is 5.89. The lowest BCUT2D eigenvalue weighted by molar-refractivity contribution is 0.0660. The first kappa shape index (κ1) is 15.9. The Balaban J connectivity index is 1.69. The average molecular weight is 344 g/mol. The Labute approximate surface area is 149 Å². The third-order valence-electron chi connectivity index (χ3n) is 4.13. The summed E-state index contributed by atoms with van der Waals surface area (Å²) in [6, 6.07) is 21.0. The predicted molar refractivity (Wildman–Crippen MR) is 100 cm³/mol. The van der Waals surface area contributed by atoms with Gasteiger partial charge in [-0.05, 0) is 30.3 Å². The zero-order valence-corrected chi connectivity index (χ0v) is 13.9. The van der Waals surface area contributed by atoms with E-state index >= 15 is 0 Å². The van der Waals surface area contributed by atoms with E-state index in [1.165, 1.54) is 6.07 Å².